The fourth-order valence-corrected chi connectivity index (χ4v) is 5.32. The van der Waals surface area contributed by atoms with Crippen molar-refractivity contribution in [3.8, 4) is 0 Å². The normalized spacial score (nSPS) is 22.6. The first kappa shape index (κ1) is 19.5. The number of anilines is 1. The minimum Gasteiger partial charge on any atom is -0.326 e. The molecule has 1 aromatic heterocycles. The molecule has 154 valence electrons. The zero-order valence-corrected chi connectivity index (χ0v) is 17.5. The summed E-state index contributed by atoms with van der Waals surface area (Å²) >= 11 is 5.94. The number of aromatic nitrogens is 1. The third-order valence-electron chi connectivity index (χ3n) is 7.03. The van der Waals surface area contributed by atoms with Crippen molar-refractivity contribution in [2.45, 2.75) is 44.4 Å². The fraction of sp³-hybridized carbons (Fsp3) is 0.360. The van der Waals surface area contributed by atoms with Gasteiger partial charge in [-0.3, -0.25) is 9.78 Å². The van der Waals surface area contributed by atoms with E-state index < -0.39 is 0 Å². The SMILES string of the molecule is O=C(Nc1ccc(Cl)cc1)C1(C2CCC(c3ccnc4ccc(F)cc34)CC2)CC1. The number of carbonyl (C=O) groups excluding carboxylic acids is 1. The van der Waals surface area contributed by atoms with Crippen LogP contribution in [0.15, 0.2) is 54.7 Å². The zero-order valence-electron chi connectivity index (χ0n) is 16.7. The molecule has 5 heteroatoms. The average molecular weight is 423 g/mol. The molecule has 2 fully saturated rings. The molecular formula is C25H24ClFN2O. The summed E-state index contributed by atoms with van der Waals surface area (Å²) in [5, 5.41) is 4.68. The van der Waals surface area contributed by atoms with Gasteiger partial charge in [0.2, 0.25) is 5.91 Å². The summed E-state index contributed by atoms with van der Waals surface area (Å²) < 4.78 is 13.8. The number of nitrogens with zero attached hydrogens (tertiary/aromatic N) is 1. The average Bonchev–Trinajstić information content (AvgIpc) is 3.57. The van der Waals surface area contributed by atoms with Crippen LogP contribution in [-0.4, -0.2) is 10.9 Å². The highest BCUT2D eigenvalue weighted by Gasteiger charge is 2.55. The molecule has 1 heterocycles. The molecule has 0 radical (unpaired) electrons. The molecule has 1 amide bonds. The molecule has 2 aromatic carbocycles. The number of carbonyl (C=O) groups is 1. The Morgan fingerprint density at radius 2 is 1.77 bits per heavy atom. The number of hydrogen-bond donors (Lipinski definition) is 1. The van der Waals surface area contributed by atoms with E-state index in [2.05, 4.69) is 10.3 Å². The number of pyridine rings is 1. The summed E-state index contributed by atoms with van der Waals surface area (Å²) in [6.45, 7) is 0. The first-order valence-electron chi connectivity index (χ1n) is 10.7. The molecule has 2 saturated carbocycles. The quantitative estimate of drug-likeness (QED) is 0.507. The second-order valence-electron chi connectivity index (χ2n) is 8.73. The van der Waals surface area contributed by atoms with Crippen molar-refractivity contribution in [2.24, 2.45) is 11.3 Å². The molecule has 1 N–H and O–H groups in total. The predicted octanol–water partition coefficient (Wildman–Crippen LogP) is 6.72. The molecule has 0 spiro atoms. The predicted molar refractivity (Wildman–Crippen MR) is 118 cm³/mol. The van der Waals surface area contributed by atoms with Gasteiger partial charge in [-0.1, -0.05) is 11.6 Å². The van der Waals surface area contributed by atoms with E-state index in [-0.39, 0.29) is 17.1 Å². The first-order chi connectivity index (χ1) is 14.5. The lowest BCUT2D eigenvalue weighted by atomic mass is 9.71. The molecule has 2 aliphatic carbocycles. The van der Waals surface area contributed by atoms with Crippen molar-refractivity contribution >= 4 is 34.1 Å². The van der Waals surface area contributed by atoms with E-state index in [9.17, 15) is 9.18 Å². The fourth-order valence-electron chi connectivity index (χ4n) is 5.20. The monoisotopic (exact) mass is 422 g/mol. The van der Waals surface area contributed by atoms with Gasteiger partial charge in [0.05, 0.1) is 10.9 Å². The second kappa shape index (κ2) is 7.66. The van der Waals surface area contributed by atoms with Gasteiger partial charge in [-0.25, -0.2) is 4.39 Å². The van der Waals surface area contributed by atoms with Gasteiger partial charge >= 0.3 is 0 Å². The number of hydrogen-bond acceptors (Lipinski definition) is 2. The Morgan fingerprint density at radius 3 is 2.47 bits per heavy atom. The van der Waals surface area contributed by atoms with Crippen LogP contribution in [0.3, 0.4) is 0 Å². The maximum Gasteiger partial charge on any atom is 0.230 e. The van der Waals surface area contributed by atoms with Crippen LogP contribution >= 0.6 is 11.6 Å². The highest BCUT2D eigenvalue weighted by molar-refractivity contribution is 6.30. The lowest BCUT2D eigenvalue weighted by Gasteiger charge is -2.34. The van der Waals surface area contributed by atoms with Crippen molar-refractivity contribution < 1.29 is 9.18 Å². The van der Waals surface area contributed by atoms with E-state index in [1.165, 1.54) is 11.6 Å². The van der Waals surface area contributed by atoms with Gasteiger partial charge in [-0.05, 0) is 104 Å². The zero-order chi connectivity index (χ0) is 20.7. The number of nitrogens with one attached hydrogen (secondary N) is 1. The van der Waals surface area contributed by atoms with Gasteiger partial charge in [-0.2, -0.15) is 0 Å². The van der Waals surface area contributed by atoms with Crippen LogP contribution in [-0.2, 0) is 4.79 Å². The second-order valence-corrected chi connectivity index (χ2v) is 9.16. The molecule has 0 atom stereocenters. The molecule has 0 aliphatic heterocycles. The minimum atomic E-state index is -0.225. The molecule has 0 bridgehead atoms. The number of halogens is 2. The van der Waals surface area contributed by atoms with E-state index in [1.54, 1.807) is 24.3 Å². The molecule has 0 saturated heterocycles. The Hall–Kier alpha value is -2.46. The van der Waals surface area contributed by atoms with Crippen molar-refractivity contribution in [2.75, 3.05) is 5.32 Å². The van der Waals surface area contributed by atoms with Crippen molar-refractivity contribution in [3.05, 3.63) is 71.1 Å². The van der Waals surface area contributed by atoms with Gasteiger partial charge < -0.3 is 5.32 Å². The summed E-state index contributed by atoms with van der Waals surface area (Å²) in [5.41, 5.74) is 2.61. The van der Waals surface area contributed by atoms with E-state index in [4.69, 9.17) is 11.6 Å². The Labute approximate surface area is 180 Å². The van der Waals surface area contributed by atoms with Gasteiger partial charge in [0.25, 0.3) is 0 Å². The molecule has 2 aliphatic rings. The number of fused-ring (bicyclic) bond motifs is 1. The maximum atomic E-state index is 13.8. The third kappa shape index (κ3) is 3.58. The van der Waals surface area contributed by atoms with Crippen LogP contribution in [0, 0.1) is 17.2 Å². The van der Waals surface area contributed by atoms with Crippen molar-refractivity contribution in [1.29, 1.82) is 0 Å². The van der Waals surface area contributed by atoms with Crippen LogP contribution in [0.4, 0.5) is 10.1 Å². The lowest BCUT2D eigenvalue weighted by Crippen LogP contribution is -2.33. The van der Waals surface area contributed by atoms with Crippen molar-refractivity contribution in [1.82, 2.24) is 4.98 Å². The molecule has 5 rings (SSSR count). The smallest absolute Gasteiger partial charge is 0.230 e. The molecular weight excluding hydrogens is 399 g/mol. The summed E-state index contributed by atoms with van der Waals surface area (Å²) in [6, 6.07) is 14.1. The summed E-state index contributed by atoms with van der Waals surface area (Å²) in [4.78, 5) is 17.4. The van der Waals surface area contributed by atoms with Gasteiger partial charge in [0.1, 0.15) is 5.82 Å². The van der Waals surface area contributed by atoms with E-state index >= 15 is 0 Å². The highest BCUT2D eigenvalue weighted by atomic mass is 35.5. The van der Waals surface area contributed by atoms with Crippen LogP contribution in [0.2, 0.25) is 5.02 Å². The van der Waals surface area contributed by atoms with Crippen LogP contribution < -0.4 is 5.32 Å². The minimum absolute atomic E-state index is 0.143. The number of amides is 1. The Kier molecular flexibility index (Phi) is 4.98. The van der Waals surface area contributed by atoms with E-state index in [1.807, 2.05) is 24.4 Å². The van der Waals surface area contributed by atoms with Crippen molar-refractivity contribution in [3.63, 3.8) is 0 Å². The summed E-state index contributed by atoms with van der Waals surface area (Å²) in [7, 11) is 0. The third-order valence-corrected chi connectivity index (χ3v) is 7.28. The topological polar surface area (TPSA) is 42.0 Å². The van der Waals surface area contributed by atoms with E-state index in [0.29, 0.717) is 16.9 Å². The Morgan fingerprint density at radius 1 is 1.03 bits per heavy atom. The van der Waals surface area contributed by atoms with Gasteiger partial charge in [0, 0.05) is 22.3 Å². The first-order valence-corrected chi connectivity index (χ1v) is 11.0. The lowest BCUT2D eigenvalue weighted by molar-refractivity contribution is -0.123. The molecule has 3 nitrogen and oxygen atoms in total. The van der Waals surface area contributed by atoms with Crippen LogP contribution in [0.1, 0.15) is 50.0 Å². The van der Waals surface area contributed by atoms with Gasteiger partial charge in [-0.15, -0.1) is 0 Å². The number of benzene rings is 2. The molecule has 3 aromatic rings. The number of rotatable bonds is 4. The van der Waals surface area contributed by atoms with Crippen LogP contribution in [0.5, 0.6) is 0 Å². The standard InChI is InChI=1S/C25H24ClFN2O/c26-18-5-8-20(9-6-18)29-24(30)25(12-13-25)17-3-1-16(2-4-17)21-11-14-28-23-10-7-19(27)15-22(21)23/h5-11,14-17H,1-4,12-13H2,(H,29,30). The summed E-state index contributed by atoms with van der Waals surface area (Å²) in [6.07, 6.45) is 7.85. The Bertz CT molecular complexity index is 1090. The Balaban J connectivity index is 1.28. The molecule has 0 unspecified atom stereocenters. The maximum absolute atomic E-state index is 13.8. The largest absolute Gasteiger partial charge is 0.326 e. The van der Waals surface area contributed by atoms with Crippen LogP contribution in [0.25, 0.3) is 10.9 Å². The highest BCUT2D eigenvalue weighted by Crippen LogP contribution is 2.58. The molecule has 30 heavy (non-hydrogen) atoms. The summed E-state index contributed by atoms with van der Waals surface area (Å²) in [5.74, 6) is 0.723. The van der Waals surface area contributed by atoms with E-state index in [0.717, 1.165) is 55.1 Å². The van der Waals surface area contributed by atoms with Gasteiger partial charge in [0.15, 0.2) is 0 Å².